The second-order valence-electron chi connectivity index (χ2n) is 5.84. The summed E-state index contributed by atoms with van der Waals surface area (Å²) in [6.45, 7) is 7.41. The van der Waals surface area contributed by atoms with E-state index >= 15 is 0 Å². The van der Waals surface area contributed by atoms with Crippen molar-refractivity contribution >= 4 is 5.91 Å². The molecular formula is C15H26N4O. The molecule has 0 aliphatic carbocycles. The highest BCUT2D eigenvalue weighted by Gasteiger charge is 2.22. The molecule has 1 atom stereocenters. The fourth-order valence-corrected chi connectivity index (χ4v) is 2.76. The summed E-state index contributed by atoms with van der Waals surface area (Å²) in [5, 5.41) is 4.32. The van der Waals surface area contributed by atoms with Gasteiger partial charge in [-0.25, -0.2) is 0 Å². The Morgan fingerprint density at radius 1 is 1.45 bits per heavy atom. The van der Waals surface area contributed by atoms with Crippen LogP contribution in [0, 0.1) is 12.8 Å². The lowest BCUT2D eigenvalue weighted by molar-refractivity contribution is 0.0759. The van der Waals surface area contributed by atoms with E-state index in [0.717, 1.165) is 56.1 Å². The van der Waals surface area contributed by atoms with E-state index in [1.165, 1.54) is 6.42 Å². The standard InChI is InChI=1S/C15H26N4O/c1-12-5-3-8-18(10-6-12)15(20)14-11-17-19(13(14)2)9-4-7-16/h11-12H,3-10,16H2,1-2H3. The molecule has 0 radical (unpaired) electrons. The van der Waals surface area contributed by atoms with Gasteiger partial charge in [0, 0.05) is 25.3 Å². The number of carbonyl (C=O) groups is 1. The van der Waals surface area contributed by atoms with Crippen LogP contribution in [-0.2, 0) is 6.54 Å². The second-order valence-corrected chi connectivity index (χ2v) is 5.84. The van der Waals surface area contributed by atoms with Crippen LogP contribution in [0.4, 0.5) is 0 Å². The van der Waals surface area contributed by atoms with Crippen LogP contribution in [0.2, 0.25) is 0 Å². The fourth-order valence-electron chi connectivity index (χ4n) is 2.76. The molecule has 1 unspecified atom stereocenters. The van der Waals surface area contributed by atoms with Crippen molar-refractivity contribution in [2.24, 2.45) is 11.7 Å². The third-order valence-electron chi connectivity index (χ3n) is 4.21. The molecule has 1 aromatic heterocycles. The predicted octanol–water partition coefficient (Wildman–Crippen LogP) is 1.80. The molecule has 1 amide bonds. The number of aromatic nitrogens is 2. The Hall–Kier alpha value is -1.36. The van der Waals surface area contributed by atoms with Gasteiger partial charge in [0.05, 0.1) is 11.8 Å². The summed E-state index contributed by atoms with van der Waals surface area (Å²) in [5.41, 5.74) is 7.23. The van der Waals surface area contributed by atoms with E-state index in [1.54, 1.807) is 6.20 Å². The maximum Gasteiger partial charge on any atom is 0.257 e. The first-order chi connectivity index (χ1) is 9.63. The van der Waals surface area contributed by atoms with Crippen LogP contribution in [0.3, 0.4) is 0 Å². The van der Waals surface area contributed by atoms with Crippen LogP contribution in [0.5, 0.6) is 0 Å². The highest BCUT2D eigenvalue weighted by atomic mass is 16.2. The zero-order valence-electron chi connectivity index (χ0n) is 12.6. The van der Waals surface area contributed by atoms with Gasteiger partial charge in [0.2, 0.25) is 0 Å². The number of amides is 1. The van der Waals surface area contributed by atoms with Crippen molar-refractivity contribution < 1.29 is 4.79 Å². The molecule has 2 N–H and O–H groups in total. The van der Waals surface area contributed by atoms with Crippen molar-refractivity contribution in [3.63, 3.8) is 0 Å². The van der Waals surface area contributed by atoms with Crippen LogP contribution >= 0.6 is 0 Å². The van der Waals surface area contributed by atoms with Crippen LogP contribution in [0.25, 0.3) is 0 Å². The highest BCUT2D eigenvalue weighted by molar-refractivity contribution is 5.95. The van der Waals surface area contributed by atoms with Gasteiger partial charge < -0.3 is 10.6 Å². The Morgan fingerprint density at radius 3 is 3.00 bits per heavy atom. The Bertz CT molecular complexity index is 455. The van der Waals surface area contributed by atoms with Gasteiger partial charge in [-0.1, -0.05) is 6.92 Å². The molecule has 1 aliphatic rings. The normalized spacial score (nSPS) is 19.9. The molecule has 5 heteroatoms. The minimum Gasteiger partial charge on any atom is -0.339 e. The van der Waals surface area contributed by atoms with Crippen LogP contribution in [0.1, 0.15) is 48.7 Å². The molecule has 5 nitrogen and oxygen atoms in total. The molecule has 0 spiro atoms. The van der Waals surface area contributed by atoms with E-state index in [1.807, 2.05) is 16.5 Å². The Kier molecular flexibility index (Phi) is 5.17. The van der Waals surface area contributed by atoms with E-state index in [0.29, 0.717) is 6.54 Å². The number of aryl methyl sites for hydroxylation is 1. The largest absolute Gasteiger partial charge is 0.339 e. The maximum atomic E-state index is 12.6. The molecule has 1 aliphatic heterocycles. The van der Waals surface area contributed by atoms with Gasteiger partial charge in [-0.3, -0.25) is 9.48 Å². The lowest BCUT2D eigenvalue weighted by Crippen LogP contribution is -2.32. The number of nitrogens with zero attached hydrogens (tertiary/aromatic N) is 3. The molecule has 112 valence electrons. The zero-order valence-corrected chi connectivity index (χ0v) is 12.6. The van der Waals surface area contributed by atoms with E-state index in [-0.39, 0.29) is 5.91 Å². The van der Waals surface area contributed by atoms with Crippen LogP contribution < -0.4 is 5.73 Å². The molecule has 0 bridgehead atoms. The molecular weight excluding hydrogens is 252 g/mol. The van der Waals surface area contributed by atoms with Gasteiger partial charge in [0.1, 0.15) is 0 Å². The van der Waals surface area contributed by atoms with Crippen molar-refractivity contribution in [3.8, 4) is 0 Å². The molecule has 1 fully saturated rings. The first kappa shape index (κ1) is 15.0. The number of carbonyl (C=O) groups excluding carboxylic acids is 1. The number of likely N-dealkylation sites (tertiary alicyclic amines) is 1. The third-order valence-corrected chi connectivity index (χ3v) is 4.21. The highest BCUT2D eigenvalue weighted by Crippen LogP contribution is 2.19. The third kappa shape index (κ3) is 3.39. The lowest BCUT2D eigenvalue weighted by atomic mass is 10.0. The second kappa shape index (κ2) is 6.88. The Balaban J connectivity index is 2.06. The van der Waals surface area contributed by atoms with E-state index in [2.05, 4.69) is 12.0 Å². The molecule has 2 rings (SSSR count). The van der Waals surface area contributed by atoms with Crippen molar-refractivity contribution in [2.75, 3.05) is 19.6 Å². The summed E-state index contributed by atoms with van der Waals surface area (Å²) in [6, 6.07) is 0. The Labute approximate surface area is 121 Å². The van der Waals surface area contributed by atoms with E-state index in [9.17, 15) is 4.79 Å². The van der Waals surface area contributed by atoms with E-state index < -0.39 is 0 Å². The quantitative estimate of drug-likeness (QED) is 0.913. The maximum absolute atomic E-state index is 12.6. The summed E-state index contributed by atoms with van der Waals surface area (Å²) >= 11 is 0. The van der Waals surface area contributed by atoms with Crippen molar-refractivity contribution in [2.45, 2.75) is 46.1 Å². The smallest absolute Gasteiger partial charge is 0.257 e. The summed E-state index contributed by atoms with van der Waals surface area (Å²) in [6.07, 6.45) is 6.03. The van der Waals surface area contributed by atoms with Crippen molar-refractivity contribution in [1.29, 1.82) is 0 Å². The molecule has 1 saturated heterocycles. The number of nitrogens with two attached hydrogens (primary N) is 1. The van der Waals surface area contributed by atoms with Crippen molar-refractivity contribution in [3.05, 3.63) is 17.5 Å². The number of hydrogen-bond acceptors (Lipinski definition) is 3. The lowest BCUT2D eigenvalue weighted by Gasteiger charge is -2.20. The van der Waals surface area contributed by atoms with Crippen molar-refractivity contribution in [1.82, 2.24) is 14.7 Å². The first-order valence-electron chi connectivity index (χ1n) is 7.65. The molecule has 1 aromatic rings. The Morgan fingerprint density at radius 2 is 2.25 bits per heavy atom. The van der Waals surface area contributed by atoms with Gasteiger partial charge in [-0.2, -0.15) is 5.10 Å². The molecule has 20 heavy (non-hydrogen) atoms. The minimum absolute atomic E-state index is 0.135. The molecule has 0 aromatic carbocycles. The monoisotopic (exact) mass is 278 g/mol. The zero-order chi connectivity index (χ0) is 14.5. The van der Waals surface area contributed by atoms with Gasteiger partial charge in [-0.05, 0) is 45.1 Å². The average molecular weight is 278 g/mol. The number of hydrogen-bond donors (Lipinski definition) is 1. The number of rotatable bonds is 4. The van der Waals surface area contributed by atoms with Gasteiger partial charge in [0.15, 0.2) is 0 Å². The fraction of sp³-hybridized carbons (Fsp3) is 0.733. The summed E-state index contributed by atoms with van der Waals surface area (Å²) in [5.74, 6) is 0.858. The SMILES string of the molecule is Cc1c(C(=O)N2CCCC(C)CC2)cnn1CCCN. The first-order valence-corrected chi connectivity index (χ1v) is 7.65. The average Bonchev–Trinajstić information content (AvgIpc) is 2.66. The molecule has 0 saturated carbocycles. The summed E-state index contributed by atoms with van der Waals surface area (Å²) in [4.78, 5) is 14.6. The van der Waals surface area contributed by atoms with Crippen LogP contribution in [0.15, 0.2) is 6.20 Å². The van der Waals surface area contributed by atoms with Gasteiger partial charge in [0.25, 0.3) is 5.91 Å². The minimum atomic E-state index is 0.135. The van der Waals surface area contributed by atoms with Gasteiger partial charge in [-0.15, -0.1) is 0 Å². The van der Waals surface area contributed by atoms with Crippen LogP contribution in [-0.4, -0.2) is 40.2 Å². The summed E-state index contributed by atoms with van der Waals surface area (Å²) < 4.78 is 1.89. The molecule has 2 heterocycles. The summed E-state index contributed by atoms with van der Waals surface area (Å²) in [7, 11) is 0. The van der Waals surface area contributed by atoms with Gasteiger partial charge >= 0.3 is 0 Å². The topological polar surface area (TPSA) is 64.2 Å². The van der Waals surface area contributed by atoms with E-state index in [4.69, 9.17) is 5.73 Å². The predicted molar refractivity (Wildman–Crippen MR) is 79.6 cm³/mol.